The molecule has 1 aliphatic rings. The van der Waals surface area contributed by atoms with Gasteiger partial charge in [-0.25, -0.2) is 0 Å². The molecule has 1 aromatic heterocycles. The van der Waals surface area contributed by atoms with Gasteiger partial charge >= 0.3 is 0 Å². The Morgan fingerprint density at radius 2 is 1.92 bits per heavy atom. The fourth-order valence-corrected chi connectivity index (χ4v) is 5.17. The summed E-state index contributed by atoms with van der Waals surface area (Å²) in [6, 6.07) is 15.1. The summed E-state index contributed by atoms with van der Waals surface area (Å²) in [6.45, 7) is 6.50. The molecule has 134 valence electrons. The molecule has 1 fully saturated rings. The number of rotatable bonds is 5. The van der Waals surface area contributed by atoms with E-state index in [0.717, 1.165) is 30.0 Å². The Balaban J connectivity index is 2.18. The first-order chi connectivity index (χ1) is 12.0. The molecule has 1 aromatic carbocycles. The molecule has 2 aromatic rings. The first-order valence-corrected chi connectivity index (χ1v) is 9.91. The number of carbonyl (C=O) groups excluding carboxylic acids is 1. The third-order valence-corrected chi connectivity index (χ3v) is 6.45. The molecule has 0 bridgehead atoms. The number of hydrogen-bond donors (Lipinski definition) is 0. The first-order valence-electron chi connectivity index (χ1n) is 9.03. The second kappa shape index (κ2) is 7.30. The predicted octanol–water partition coefficient (Wildman–Crippen LogP) is 3.85. The number of benzene rings is 1. The number of thiophene rings is 1. The van der Waals surface area contributed by atoms with E-state index < -0.39 is 5.41 Å². The van der Waals surface area contributed by atoms with Crippen LogP contribution in [0.5, 0.6) is 0 Å². The van der Waals surface area contributed by atoms with Crippen molar-refractivity contribution in [2.45, 2.75) is 31.7 Å². The van der Waals surface area contributed by atoms with Gasteiger partial charge < -0.3 is 9.80 Å². The monoisotopic (exact) mass is 356 g/mol. The Hall–Kier alpha value is -1.65. The smallest absolute Gasteiger partial charge is 0.238 e. The maximum Gasteiger partial charge on any atom is 0.238 e. The third-order valence-electron chi connectivity index (χ3n) is 5.44. The van der Waals surface area contributed by atoms with E-state index in [9.17, 15) is 4.79 Å². The molecule has 2 heterocycles. The largest absolute Gasteiger partial charge is 0.348 e. The topological polar surface area (TPSA) is 23.6 Å². The van der Waals surface area contributed by atoms with E-state index in [-0.39, 0.29) is 11.8 Å². The summed E-state index contributed by atoms with van der Waals surface area (Å²) in [5, 5.41) is 2.09. The summed E-state index contributed by atoms with van der Waals surface area (Å²) in [5.41, 5.74) is 0.523. The molecule has 1 aliphatic heterocycles. The van der Waals surface area contributed by atoms with Crippen LogP contribution in [0.25, 0.3) is 0 Å². The molecule has 3 rings (SSSR count). The molecule has 0 spiro atoms. The van der Waals surface area contributed by atoms with Crippen LogP contribution in [-0.4, -0.2) is 48.9 Å². The fourth-order valence-electron chi connectivity index (χ4n) is 4.15. The lowest BCUT2D eigenvalue weighted by molar-refractivity contribution is -0.135. The molecule has 4 heteroatoms. The molecule has 1 amide bonds. The van der Waals surface area contributed by atoms with Crippen LogP contribution in [0.2, 0.25) is 0 Å². The molecule has 1 unspecified atom stereocenters. The molecule has 0 aliphatic carbocycles. The van der Waals surface area contributed by atoms with Crippen molar-refractivity contribution in [2.24, 2.45) is 5.92 Å². The zero-order chi connectivity index (χ0) is 18.0. The minimum Gasteiger partial charge on any atom is -0.348 e. The molecule has 0 saturated carbocycles. The number of nitrogens with zero attached hydrogens (tertiary/aromatic N) is 2. The minimum absolute atomic E-state index is 0.191. The predicted molar refractivity (Wildman–Crippen MR) is 105 cm³/mol. The summed E-state index contributed by atoms with van der Waals surface area (Å²) >= 11 is 1.70. The number of likely N-dealkylation sites (tertiary alicyclic amines) is 1. The second-order valence-electron chi connectivity index (χ2n) is 7.43. The van der Waals surface area contributed by atoms with Crippen LogP contribution in [0.1, 0.15) is 30.7 Å². The van der Waals surface area contributed by atoms with Crippen LogP contribution in [0.15, 0.2) is 47.8 Å². The van der Waals surface area contributed by atoms with Crippen molar-refractivity contribution in [1.82, 2.24) is 9.80 Å². The van der Waals surface area contributed by atoms with Gasteiger partial charge in [-0.15, -0.1) is 11.3 Å². The van der Waals surface area contributed by atoms with Crippen molar-refractivity contribution in [3.63, 3.8) is 0 Å². The maximum atomic E-state index is 13.6. The van der Waals surface area contributed by atoms with E-state index >= 15 is 0 Å². The third kappa shape index (κ3) is 3.13. The van der Waals surface area contributed by atoms with Crippen molar-refractivity contribution < 1.29 is 4.79 Å². The number of hydrogen-bond acceptors (Lipinski definition) is 3. The van der Waals surface area contributed by atoms with Gasteiger partial charge in [0.15, 0.2) is 0 Å². The van der Waals surface area contributed by atoms with Crippen LogP contribution in [0.3, 0.4) is 0 Å². The van der Waals surface area contributed by atoms with Gasteiger partial charge in [-0.3, -0.25) is 4.79 Å². The Labute approximate surface area is 155 Å². The fraction of sp³-hybridized carbons (Fsp3) is 0.476. The average Bonchev–Trinajstić information content (AvgIpc) is 3.29. The van der Waals surface area contributed by atoms with Gasteiger partial charge in [-0.2, -0.15) is 0 Å². The quantitative estimate of drug-likeness (QED) is 0.812. The Morgan fingerprint density at radius 1 is 1.20 bits per heavy atom. The van der Waals surface area contributed by atoms with Crippen molar-refractivity contribution in [3.05, 3.63) is 58.3 Å². The van der Waals surface area contributed by atoms with Gasteiger partial charge in [-0.1, -0.05) is 36.4 Å². The SMILES string of the molecule is CC(C)N1CC[C@@H](C(C(=O)N(C)C)(c2ccccc2)c2cccs2)C1. The molecule has 1 saturated heterocycles. The van der Waals surface area contributed by atoms with Crippen LogP contribution in [-0.2, 0) is 10.2 Å². The van der Waals surface area contributed by atoms with E-state index in [0.29, 0.717) is 6.04 Å². The summed E-state index contributed by atoms with van der Waals surface area (Å²) in [4.78, 5) is 19.1. The first kappa shape index (κ1) is 18.2. The highest BCUT2D eigenvalue weighted by Crippen LogP contribution is 2.46. The number of amides is 1. The van der Waals surface area contributed by atoms with Gasteiger partial charge in [0.25, 0.3) is 0 Å². The van der Waals surface area contributed by atoms with E-state index in [1.54, 1.807) is 16.2 Å². The van der Waals surface area contributed by atoms with E-state index in [1.807, 2.05) is 20.2 Å². The number of carbonyl (C=O) groups is 1. The second-order valence-corrected chi connectivity index (χ2v) is 8.37. The van der Waals surface area contributed by atoms with Gasteiger partial charge in [0.1, 0.15) is 5.41 Å². The van der Waals surface area contributed by atoms with Crippen molar-refractivity contribution in [3.8, 4) is 0 Å². The molecular formula is C21H28N2OS. The Morgan fingerprint density at radius 3 is 2.44 bits per heavy atom. The Bertz CT molecular complexity index is 696. The molecular weight excluding hydrogens is 328 g/mol. The molecule has 3 nitrogen and oxygen atoms in total. The highest BCUT2D eigenvalue weighted by molar-refractivity contribution is 7.10. The van der Waals surface area contributed by atoms with Crippen molar-refractivity contribution >= 4 is 17.2 Å². The summed E-state index contributed by atoms with van der Waals surface area (Å²) in [5.74, 6) is 0.475. The lowest BCUT2D eigenvalue weighted by Crippen LogP contribution is -2.50. The molecule has 0 N–H and O–H groups in total. The van der Waals surface area contributed by atoms with E-state index in [4.69, 9.17) is 0 Å². The average molecular weight is 357 g/mol. The highest BCUT2D eigenvalue weighted by atomic mass is 32.1. The van der Waals surface area contributed by atoms with Crippen LogP contribution in [0.4, 0.5) is 0 Å². The van der Waals surface area contributed by atoms with Gasteiger partial charge in [0, 0.05) is 31.6 Å². The summed E-state index contributed by atoms with van der Waals surface area (Å²) in [7, 11) is 3.76. The van der Waals surface area contributed by atoms with Crippen LogP contribution in [0, 0.1) is 5.92 Å². The standard InChI is InChI=1S/C21H28N2OS/c1-16(2)23-13-12-18(15-23)21(20(24)22(3)4,19-11-8-14-25-19)17-9-6-5-7-10-17/h5-11,14,16,18H,12-13,15H2,1-4H3/t18-,21?/m1/s1. The molecule has 2 atom stereocenters. The Kier molecular flexibility index (Phi) is 5.30. The van der Waals surface area contributed by atoms with Crippen molar-refractivity contribution in [1.29, 1.82) is 0 Å². The summed E-state index contributed by atoms with van der Waals surface area (Å²) < 4.78 is 0. The van der Waals surface area contributed by atoms with Gasteiger partial charge in [-0.05, 0) is 49.7 Å². The normalized spacial score (nSPS) is 20.6. The lowest BCUT2D eigenvalue weighted by atomic mass is 9.67. The lowest BCUT2D eigenvalue weighted by Gasteiger charge is -2.40. The van der Waals surface area contributed by atoms with E-state index in [1.165, 1.54) is 0 Å². The van der Waals surface area contributed by atoms with Crippen molar-refractivity contribution in [2.75, 3.05) is 27.2 Å². The minimum atomic E-state index is -0.595. The highest BCUT2D eigenvalue weighted by Gasteiger charge is 2.52. The zero-order valence-electron chi connectivity index (χ0n) is 15.6. The number of likely N-dealkylation sites (N-methyl/N-ethyl adjacent to an activating group) is 1. The summed E-state index contributed by atoms with van der Waals surface area (Å²) in [6.07, 6.45) is 1.05. The zero-order valence-corrected chi connectivity index (χ0v) is 16.4. The van der Waals surface area contributed by atoms with E-state index in [2.05, 4.69) is 60.5 Å². The van der Waals surface area contributed by atoms with Crippen LogP contribution >= 0.6 is 11.3 Å². The molecule has 25 heavy (non-hydrogen) atoms. The maximum absolute atomic E-state index is 13.6. The van der Waals surface area contributed by atoms with Gasteiger partial charge in [0.05, 0.1) is 0 Å². The van der Waals surface area contributed by atoms with Crippen LogP contribution < -0.4 is 0 Å². The molecule has 0 radical (unpaired) electrons. The van der Waals surface area contributed by atoms with Gasteiger partial charge in [0.2, 0.25) is 5.91 Å².